The highest BCUT2D eigenvalue weighted by molar-refractivity contribution is 5.58. The number of nitrogens with zero attached hydrogens (tertiary/aromatic N) is 3. The van der Waals surface area contributed by atoms with Crippen molar-refractivity contribution >= 4 is 5.82 Å². The average Bonchev–Trinajstić information content (AvgIpc) is 2.32. The first-order valence-electron chi connectivity index (χ1n) is 6.34. The van der Waals surface area contributed by atoms with Gasteiger partial charge >= 0.3 is 0 Å². The Morgan fingerprint density at radius 2 is 2.22 bits per heavy atom. The highest BCUT2D eigenvalue weighted by Gasteiger charge is 2.27. The molecule has 1 aliphatic heterocycles. The van der Waals surface area contributed by atoms with Crippen LogP contribution in [0.4, 0.5) is 5.82 Å². The average molecular weight is 245 g/mol. The molecule has 0 aromatic carbocycles. The van der Waals surface area contributed by atoms with E-state index in [0.717, 1.165) is 30.0 Å². The van der Waals surface area contributed by atoms with Crippen molar-refractivity contribution in [3.8, 4) is 6.07 Å². The molecule has 0 aliphatic carbocycles. The lowest BCUT2D eigenvalue weighted by atomic mass is 9.95. The van der Waals surface area contributed by atoms with E-state index in [4.69, 9.17) is 0 Å². The van der Waals surface area contributed by atoms with E-state index in [1.807, 2.05) is 24.8 Å². The number of pyridine rings is 1. The summed E-state index contributed by atoms with van der Waals surface area (Å²) in [5, 5.41) is 19.2. The third-order valence-electron chi connectivity index (χ3n) is 3.66. The number of anilines is 1. The number of aliphatic hydroxyl groups excluding tert-OH is 1. The first-order valence-corrected chi connectivity index (χ1v) is 6.34. The molecule has 4 heteroatoms. The zero-order valence-corrected chi connectivity index (χ0v) is 11.1. The molecule has 96 valence electrons. The molecule has 2 atom stereocenters. The predicted octanol–water partition coefficient (Wildman–Crippen LogP) is 1.78. The summed E-state index contributed by atoms with van der Waals surface area (Å²) in [5.41, 5.74) is 2.49. The van der Waals surface area contributed by atoms with Gasteiger partial charge in [0, 0.05) is 18.8 Å². The van der Waals surface area contributed by atoms with Crippen molar-refractivity contribution in [2.45, 2.75) is 33.3 Å². The van der Waals surface area contributed by atoms with E-state index in [0.29, 0.717) is 18.0 Å². The molecule has 4 nitrogen and oxygen atoms in total. The molecule has 2 rings (SSSR count). The first-order chi connectivity index (χ1) is 8.52. The molecule has 1 aromatic rings. The lowest BCUT2D eigenvalue weighted by molar-refractivity contribution is 0.102. The van der Waals surface area contributed by atoms with Crippen LogP contribution < -0.4 is 4.90 Å². The van der Waals surface area contributed by atoms with Crippen LogP contribution in [0.2, 0.25) is 0 Å². The monoisotopic (exact) mass is 245 g/mol. The second kappa shape index (κ2) is 4.95. The van der Waals surface area contributed by atoms with E-state index in [2.05, 4.69) is 18.0 Å². The van der Waals surface area contributed by atoms with E-state index in [1.54, 1.807) is 0 Å². The van der Waals surface area contributed by atoms with Gasteiger partial charge in [-0.2, -0.15) is 5.26 Å². The molecule has 0 amide bonds. The van der Waals surface area contributed by atoms with E-state index in [1.165, 1.54) is 0 Å². The number of β-amino-alcohol motifs (C(OH)–C–C–N with tert-alkyl or cyclic N) is 1. The van der Waals surface area contributed by atoms with Crippen molar-refractivity contribution in [3.05, 3.63) is 22.9 Å². The number of piperidine rings is 1. The zero-order valence-electron chi connectivity index (χ0n) is 11.1. The van der Waals surface area contributed by atoms with Gasteiger partial charge in [0.25, 0.3) is 0 Å². The largest absolute Gasteiger partial charge is 0.391 e. The Labute approximate surface area is 108 Å². The van der Waals surface area contributed by atoms with Gasteiger partial charge in [0.15, 0.2) is 0 Å². The Morgan fingerprint density at radius 1 is 1.50 bits per heavy atom. The van der Waals surface area contributed by atoms with Crippen molar-refractivity contribution < 1.29 is 5.11 Å². The van der Waals surface area contributed by atoms with E-state index in [9.17, 15) is 10.4 Å². The smallest absolute Gasteiger partial charge is 0.147 e. The second-order valence-electron chi connectivity index (χ2n) is 5.17. The SMILES string of the molecule is Cc1cc(C)c(C#N)c(N2CCC(C)C(O)C2)n1. The summed E-state index contributed by atoms with van der Waals surface area (Å²) in [7, 11) is 0. The normalized spacial score (nSPS) is 23.8. The number of hydrogen-bond acceptors (Lipinski definition) is 4. The Morgan fingerprint density at radius 3 is 2.83 bits per heavy atom. The van der Waals surface area contributed by atoms with Crippen LogP contribution in [0, 0.1) is 31.1 Å². The summed E-state index contributed by atoms with van der Waals surface area (Å²) >= 11 is 0. The third-order valence-corrected chi connectivity index (χ3v) is 3.66. The standard InChI is InChI=1S/C14H19N3O/c1-9-4-5-17(8-13(9)18)14-12(7-15)10(2)6-11(3)16-14/h6,9,13,18H,4-5,8H2,1-3H3. The van der Waals surface area contributed by atoms with Crippen LogP contribution in [-0.4, -0.2) is 29.3 Å². The van der Waals surface area contributed by atoms with Crippen LogP contribution in [0.3, 0.4) is 0 Å². The molecule has 18 heavy (non-hydrogen) atoms. The predicted molar refractivity (Wildman–Crippen MR) is 70.4 cm³/mol. The summed E-state index contributed by atoms with van der Waals surface area (Å²) in [6.07, 6.45) is 0.591. The Hall–Kier alpha value is -1.60. The summed E-state index contributed by atoms with van der Waals surface area (Å²) in [6, 6.07) is 4.15. The summed E-state index contributed by atoms with van der Waals surface area (Å²) in [5.74, 6) is 1.04. The highest BCUT2D eigenvalue weighted by atomic mass is 16.3. The number of aliphatic hydroxyl groups is 1. The zero-order chi connectivity index (χ0) is 13.3. The maximum absolute atomic E-state index is 9.96. The van der Waals surface area contributed by atoms with Crippen molar-refractivity contribution in [1.29, 1.82) is 5.26 Å². The third kappa shape index (κ3) is 2.32. The fourth-order valence-electron chi connectivity index (χ4n) is 2.43. The molecular weight excluding hydrogens is 226 g/mol. The summed E-state index contributed by atoms with van der Waals surface area (Å²) in [4.78, 5) is 6.51. The van der Waals surface area contributed by atoms with Crippen LogP contribution in [0.15, 0.2) is 6.07 Å². The molecule has 0 radical (unpaired) electrons. The molecule has 2 unspecified atom stereocenters. The van der Waals surface area contributed by atoms with E-state index < -0.39 is 0 Å². The fourth-order valence-corrected chi connectivity index (χ4v) is 2.43. The van der Waals surface area contributed by atoms with Crippen molar-refractivity contribution in [3.63, 3.8) is 0 Å². The number of nitriles is 1. The van der Waals surface area contributed by atoms with Gasteiger partial charge in [-0.15, -0.1) is 0 Å². The van der Waals surface area contributed by atoms with Crippen LogP contribution in [0.25, 0.3) is 0 Å². The van der Waals surface area contributed by atoms with Gasteiger partial charge in [-0.1, -0.05) is 6.92 Å². The van der Waals surface area contributed by atoms with Gasteiger partial charge in [-0.3, -0.25) is 0 Å². The van der Waals surface area contributed by atoms with Crippen LogP contribution in [-0.2, 0) is 0 Å². The van der Waals surface area contributed by atoms with Crippen molar-refractivity contribution in [1.82, 2.24) is 4.98 Å². The lowest BCUT2D eigenvalue weighted by Crippen LogP contribution is -2.43. The Bertz CT molecular complexity index is 493. The maximum atomic E-state index is 9.96. The number of aromatic nitrogens is 1. The minimum absolute atomic E-state index is 0.317. The second-order valence-corrected chi connectivity index (χ2v) is 5.17. The molecule has 1 aliphatic rings. The quantitative estimate of drug-likeness (QED) is 0.819. The lowest BCUT2D eigenvalue weighted by Gasteiger charge is -2.35. The minimum Gasteiger partial charge on any atom is -0.391 e. The molecule has 1 N–H and O–H groups in total. The van der Waals surface area contributed by atoms with Crippen molar-refractivity contribution in [2.75, 3.05) is 18.0 Å². The first kappa shape index (κ1) is 12.8. The molecule has 0 bridgehead atoms. The van der Waals surface area contributed by atoms with Crippen LogP contribution >= 0.6 is 0 Å². The molecule has 1 aromatic heterocycles. The number of rotatable bonds is 1. The van der Waals surface area contributed by atoms with Gasteiger partial charge in [-0.05, 0) is 37.8 Å². The van der Waals surface area contributed by atoms with Crippen LogP contribution in [0.1, 0.15) is 30.2 Å². The van der Waals surface area contributed by atoms with Gasteiger partial charge < -0.3 is 10.0 Å². The molecular formula is C14H19N3O. The van der Waals surface area contributed by atoms with Crippen molar-refractivity contribution in [2.24, 2.45) is 5.92 Å². The highest BCUT2D eigenvalue weighted by Crippen LogP contribution is 2.26. The summed E-state index contributed by atoms with van der Waals surface area (Å²) < 4.78 is 0. The summed E-state index contributed by atoms with van der Waals surface area (Å²) in [6.45, 7) is 7.33. The maximum Gasteiger partial charge on any atom is 0.147 e. The molecule has 1 fully saturated rings. The molecule has 0 spiro atoms. The number of aryl methyl sites for hydroxylation is 2. The van der Waals surface area contributed by atoms with E-state index in [-0.39, 0.29) is 6.10 Å². The minimum atomic E-state index is -0.340. The van der Waals surface area contributed by atoms with Gasteiger partial charge in [0.05, 0.1) is 11.7 Å². The topological polar surface area (TPSA) is 60.2 Å². The molecule has 2 heterocycles. The number of hydrogen-bond donors (Lipinski definition) is 1. The van der Waals surface area contributed by atoms with Crippen LogP contribution in [0.5, 0.6) is 0 Å². The fraction of sp³-hybridized carbons (Fsp3) is 0.571. The Kier molecular flexibility index (Phi) is 3.53. The Balaban J connectivity index is 2.36. The molecule has 0 saturated carbocycles. The van der Waals surface area contributed by atoms with Gasteiger partial charge in [-0.25, -0.2) is 4.98 Å². The molecule has 1 saturated heterocycles. The van der Waals surface area contributed by atoms with Gasteiger partial charge in [0.1, 0.15) is 11.9 Å². The van der Waals surface area contributed by atoms with E-state index >= 15 is 0 Å². The van der Waals surface area contributed by atoms with Gasteiger partial charge in [0.2, 0.25) is 0 Å².